The van der Waals surface area contributed by atoms with Gasteiger partial charge < -0.3 is 14.5 Å². The van der Waals surface area contributed by atoms with Crippen LogP contribution >= 0.6 is 18.2 Å². The first kappa shape index (κ1) is 14.4. The maximum atomic E-state index is 10.5. The molecule has 0 radical (unpaired) electrons. The van der Waals surface area contributed by atoms with Crippen molar-refractivity contribution in [2.45, 2.75) is 13.8 Å². The molecular formula is C7H18NO4PS. The predicted molar refractivity (Wildman–Crippen MR) is 58.2 cm³/mol. The third kappa shape index (κ3) is 7.79. The average Bonchev–Trinajstić information content (AvgIpc) is 2.19. The average molecular weight is 243 g/mol. The summed E-state index contributed by atoms with van der Waals surface area (Å²) in [6.45, 7) is 2.92. The van der Waals surface area contributed by atoms with Gasteiger partial charge in [-0.15, -0.1) is 0 Å². The molecule has 1 rings (SSSR count). The van der Waals surface area contributed by atoms with Crippen LogP contribution in [0.15, 0.2) is 0 Å². The van der Waals surface area contributed by atoms with E-state index < -0.39 is 6.80 Å². The number of morpholine rings is 1. The van der Waals surface area contributed by atoms with E-state index in [4.69, 9.17) is 14.5 Å². The molecular weight excluding hydrogens is 225 g/mol. The highest BCUT2D eigenvalue weighted by Gasteiger charge is 2.17. The summed E-state index contributed by atoms with van der Waals surface area (Å²) in [6, 6.07) is 0. The van der Waals surface area contributed by atoms with E-state index in [-0.39, 0.29) is 0 Å². The highest BCUT2D eigenvalue weighted by atomic mass is 32.7. The zero-order valence-electron chi connectivity index (χ0n) is 8.55. The molecule has 5 nitrogen and oxygen atoms in total. The van der Waals surface area contributed by atoms with Crippen LogP contribution in [0.2, 0.25) is 0 Å². The number of hydrogen-bond acceptors (Lipinski definition) is 4. The fourth-order valence-electron chi connectivity index (χ4n) is 0.887. The second kappa shape index (κ2) is 7.68. The van der Waals surface area contributed by atoms with Gasteiger partial charge in [0, 0.05) is 13.1 Å². The number of ether oxygens (including phenoxy) is 1. The Labute approximate surface area is 88.7 Å². The lowest BCUT2D eigenvalue weighted by Gasteiger charge is -2.25. The first-order valence-corrected chi connectivity index (χ1v) is 7.78. The van der Waals surface area contributed by atoms with Crippen LogP contribution in [0.1, 0.15) is 13.8 Å². The molecule has 0 amide bonds. The maximum Gasteiger partial charge on any atom is 0.385 e. The summed E-state index contributed by atoms with van der Waals surface area (Å²) in [4.78, 5) is 19.1. The Kier molecular flexibility index (Phi) is 7.91. The monoisotopic (exact) mass is 243 g/mol. The van der Waals surface area contributed by atoms with E-state index in [9.17, 15) is 4.57 Å². The minimum absolute atomic E-state index is 0.383. The van der Waals surface area contributed by atoms with Crippen molar-refractivity contribution >= 4 is 18.2 Å². The second-order valence-corrected chi connectivity index (χ2v) is 6.18. The van der Waals surface area contributed by atoms with E-state index in [2.05, 4.69) is 0 Å². The van der Waals surface area contributed by atoms with Gasteiger partial charge in [-0.3, -0.25) is 4.90 Å². The molecule has 7 heteroatoms. The molecule has 0 aromatic heterocycles. The van der Waals surface area contributed by atoms with Gasteiger partial charge in [0.25, 0.3) is 0 Å². The third-order valence-electron chi connectivity index (χ3n) is 1.51. The quantitative estimate of drug-likeness (QED) is 0.724. The highest BCUT2D eigenvalue weighted by Crippen LogP contribution is 2.50. The van der Waals surface area contributed by atoms with Gasteiger partial charge in [0.2, 0.25) is 0 Å². The SMILES string of the molecule is CC.O=P(O)(O)SCN1CCOCC1. The number of nitrogens with zero attached hydrogens (tertiary/aromatic N) is 1. The van der Waals surface area contributed by atoms with E-state index in [1.165, 1.54) is 0 Å². The van der Waals surface area contributed by atoms with Crippen LogP contribution < -0.4 is 0 Å². The van der Waals surface area contributed by atoms with Gasteiger partial charge in [-0.2, -0.15) is 0 Å². The van der Waals surface area contributed by atoms with Crippen molar-refractivity contribution in [1.29, 1.82) is 0 Å². The van der Waals surface area contributed by atoms with Crippen LogP contribution in [-0.2, 0) is 9.30 Å². The molecule has 1 aliphatic heterocycles. The fourth-order valence-corrected chi connectivity index (χ4v) is 2.40. The van der Waals surface area contributed by atoms with Crippen molar-refractivity contribution in [2.24, 2.45) is 0 Å². The lowest BCUT2D eigenvalue weighted by Crippen LogP contribution is -2.35. The largest absolute Gasteiger partial charge is 0.385 e. The molecule has 0 spiro atoms. The normalized spacial score (nSPS) is 18.6. The maximum absolute atomic E-state index is 10.5. The van der Waals surface area contributed by atoms with Crippen LogP contribution in [0.4, 0.5) is 0 Å². The molecule has 0 bridgehead atoms. The summed E-state index contributed by atoms with van der Waals surface area (Å²) in [7, 11) is 0. The Balaban J connectivity index is 0.000000791. The molecule has 0 aliphatic carbocycles. The number of hydrogen-bond donors (Lipinski definition) is 2. The Morgan fingerprint density at radius 1 is 1.36 bits per heavy atom. The first-order chi connectivity index (χ1) is 6.58. The summed E-state index contributed by atoms with van der Waals surface area (Å²) in [5.74, 6) is 0.383. The molecule has 2 N–H and O–H groups in total. The molecule has 0 saturated carbocycles. The fraction of sp³-hybridized carbons (Fsp3) is 1.00. The van der Waals surface area contributed by atoms with E-state index in [0.717, 1.165) is 13.1 Å². The molecule has 0 atom stereocenters. The van der Waals surface area contributed by atoms with Crippen molar-refractivity contribution in [1.82, 2.24) is 4.90 Å². The smallest absolute Gasteiger partial charge is 0.379 e. The summed E-state index contributed by atoms with van der Waals surface area (Å²) in [5.41, 5.74) is 0. The second-order valence-electron chi connectivity index (χ2n) is 2.48. The van der Waals surface area contributed by atoms with Crippen molar-refractivity contribution in [3.05, 3.63) is 0 Å². The Bertz CT molecular complexity index is 181. The van der Waals surface area contributed by atoms with Crippen molar-refractivity contribution in [3.63, 3.8) is 0 Å². The van der Waals surface area contributed by atoms with Crippen molar-refractivity contribution in [2.75, 3.05) is 32.2 Å². The van der Waals surface area contributed by atoms with E-state index >= 15 is 0 Å². The van der Waals surface area contributed by atoms with Crippen LogP contribution in [0.25, 0.3) is 0 Å². The molecule has 0 aromatic rings. The van der Waals surface area contributed by atoms with Gasteiger partial charge >= 0.3 is 6.80 Å². The molecule has 0 unspecified atom stereocenters. The minimum Gasteiger partial charge on any atom is -0.379 e. The molecule has 86 valence electrons. The zero-order valence-corrected chi connectivity index (χ0v) is 10.3. The van der Waals surface area contributed by atoms with Gasteiger partial charge in [-0.1, -0.05) is 13.8 Å². The third-order valence-corrected chi connectivity index (χ3v) is 3.68. The summed E-state index contributed by atoms with van der Waals surface area (Å²) in [5, 5.41) is 0. The Hall–Kier alpha value is 0.420. The van der Waals surface area contributed by atoms with E-state index in [0.29, 0.717) is 30.5 Å². The minimum atomic E-state index is -3.90. The predicted octanol–water partition coefficient (Wildman–Crippen LogP) is 1.13. The van der Waals surface area contributed by atoms with Gasteiger partial charge in [0.15, 0.2) is 0 Å². The molecule has 1 fully saturated rings. The topological polar surface area (TPSA) is 70.0 Å². The lowest BCUT2D eigenvalue weighted by molar-refractivity contribution is 0.0474. The van der Waals surface area contributed by atoms with Crippen LogP contribution in [-0.4, -0.2) is 46.9 Å². The summed E-state index contributed by atoms with van der Waals surface area (Å²) in [6.07, 6.45) is 0. The van der Waals surface area contributed by atoms with Gasteiger partial charge in [0.1, 0.15) is 0 Å². The van der Waals surface area contributed by atoms with Crippen LogP contribution in [0.3, 0.4) is 0 Å². The molecule has 1 heterocycles. The Morgan fingerprint density at radius 3 is 2.29 bits per heavy atom. The molecule has 1 saturated heterocycles. The standard InChI is InChI=1S/C5H12NO4PS.C2H6/c7-11(8,9)12-5-6-1-3-10-4-2-6;1-2/h1-5H2,(H2,7,8,9);1-2H3. The van der Waals surface area contributed by atoms with Crippen molar-refractivity contribution < 1.29 is 19.1 Å². The first-order valence-electron chi connectivity index (χ1n) is 4.58. The Morgan fingerprint density at radius 2 is 1.86 bits per heavy atom. The molecule has 1 aliphatic rings. The van der Waals surface area contributed by atoms with E-state index in [1.54, 1.807) is 0 Å². The molecule has 14 heavy (non-hydrogen) atoms. The van der Waals surface area contributed by atoms with Gasteiger partial charge in [-0.25, -0.2) is 4.57 Å². The molecule has 0 aromatic carbocycles. The van der Waals surface area contributed by atoms with Crippen LogP contribution in [0.5, 0.6) is 0 Å². The number of rotatable bonds is 3. The summed E-state index contributed by atoms with van der Waals surface area (Å²) < 4.78 is 15.6. The van der Waals surface area contributed by atoms with Crippen LogP contribution in [0, 0.1) is 0 Å². The highest BCUT2D eigenvalue weighted by molar-refractivity contribution is 8.54. The lowest BCUT2D eigenvalue weighted by atomic mass is 10.5. The van der Waals surface area contributed by atoms with E-state index in [1.807, 2.05) is 18.7 Å². The zero-order chi connectivity index (χ0) is 11.0. The van der Waals surface area contributed by atoms with Gasteiger partial charge in [0.05, 0.1) is 19.1 Å². The van der Waals surface area contributed by atoms with Crippen molar-refractivity contribution in [3.8, 4) is 0 Å². The van der Waals surface area contributed by atoms with Gasteiger partial charge in [-0.05, 0) is 11.4 Å². The summed E-state index contributed by atoms with van der Waals surface area (Å²) >= 11 is 0.677.